The third kappa shape index (κ3) is 6.33. The molecule has 0 aromatic heterocycles. The Hall–Kier alpha value is -1.08. The fourth-order valence-corrected chi connectivity index (χ4v) is 6.39. The van der Waals surface area contributed by atoms with E-state index in [0.29, 0.717) is 21.7 Å². The molecule has 4 rings (SSSR count). The molecule has 1 fully saturated rings. The molecule has 3 aromatic rings. The van der Waals surface area contributed by atoms with Gasteiger partial charge >= 0.3 is 0 Å². The summed E-state index contributed by atoms with van der Waals surface area (Å²) in [4.78, 5) is 17.7. The Morgan fingerprint density at radius 2 is 1.85 bits per heavy atom. The van der Waals surface area contributed by atoms with Gasteiger partial charge in [0.15, 0.2) is 5.17 Å². The molecule has 0 bridgehead atoms. The van der Waals surface area contributed by atoms with E-state index >= 15 is 0 Å². The van der Waals surface area contributed by atoms with Crippen molar-refractivity contribution >= 4 is 107 Å². The van der Waals surface area contributed by atoms with Gasteiger partial charge in [-0.2, -0.15) is 0 Å². The molecule has 1 aliphatic rings. The van der Waals surface area contributed by atoms with Gasteiger partial charge < -0.3 is 10.1 Å². The molecule has 1 amide bonds. The van der Waals surface area contributed by atoms with E-state index in [9.17, 15) is 4.79 Å². The Bertz CT molecular complexity index is 1270. The zero-order chi connectivity index (χ0) is 23.5. The van der Waals surface area contributed by atoms with Crippen molar-refractivity contribution in [3.8, 4) is 5.75 Å². The van der Waals surface area contributed by atoms with Crippen molar-refractivity contribution < 1.29 is 9.53 Å². The molecule has 33 heavy (non-hydrogen) atoms. The molecule has 3 aromatic carbocycles. The maximum atomic E-state index is 12.5. The van der Waals surface area contributed by atoms with Crippen LogP contribution in [0.3, 0.4) is 0 Å². The minimum Gasteiger partial charge on any atom is -0.487 e. The highest BCUT2D eigenvalue weighted by atomic mass is 127. The summed E-state index contributed by atoms with van der Waals surface area (Å²) in [5.41, 5.74) is 3.64. The van der Waals surface area contributed by atoms with E-state index in [2.05, 4.69) is 71.4 Å². The predicted molar refractivity (Wildman–Crippen MR) is 157 cm³/mol. The average molecular weight is 766 g/mol. The van der Waals surface area contributed by atoms with Crippen LogP contribution in [0.2, 0.25) is 5.02 Å². The van der Waals surface area contributed by atoms with Crippen LogP contribution in [-0.4, -0.2) is 11.1 Å². The number of hydrogen-bond acceptors (Lipinski definition) is 4. The highest BCUT2D eigenvalue weighted by molar-refractivity contribution is 14.1. The number of nitrogens with one attached hydrogen (secondary N) is 1. The molecule has 0 radical (unpaired) electrons. The summed E-state index contributed by atoms with van der Waals surface area (Å²) in [5, 5.41) is 4.02. The second-order valence-electron chi connectivity index (χ2n) is 7.09. The number of hydrogen-bond donors (Lipinski definition) is 1. The number of halogens is 4. The van der Waals surface area contributed by atoms with Gasteiger partial charge in [-0.15, -0.1) is 0 Å². The van der Waals surface area contributed by atoms with Crippen LogP contribution >= 0.6 is 84.5 Å². The summed E-state index contributed by atoms with van der Waals surface area (Å²) in [6.07, 6.45) is 1.87. The summed E-state index contributed by atoms with van der Waals surface area (Å²) in [6, 6.07) is 17.6. The standard InChI is InChI=1S/C24H16BrClI2N2O2S/c1-13-17(26)3-2-4-20(13)29-24-30-23(31)21(33-24)11-15-9-18(27)22(19(28)10-15)32-12-14-5-7-16(25)8-6-14/h2-11H,12H2,1H3,(H,29,30,31)/b21-11+. The lowest BCUT2D eigenvalue weighted by atomic mass is 10.2. The molecule has 1 N–H and O–H groups in total. The molecule has 4 nitrogen and oxygen atoms in total. The van der Waals surface area contributed by atoms with E-state index in [-0.39, 0.29) is 5.91 Å². The second kappa shape index (κ2) is 11.1. The van der Waals surface area contributed by atoms with Crippen LogP contribution in [0.4, 0.5) is 5.69 Å². The van der Waals surface area contributed by atoms with Crippen molar-refractivity contribution in [2.24, 2.45) is 4.99 Å². The molecule has 168 valence electrons. The molecule has 9 heteroatoms. The maximum Gasteiger partial charge on any atom is 0.264 e. The topological polar surface area (TPSA) is 50.7 Å². The number of rotatable bonds is 5. The number of carbonyl (C=O) groups excluding carboxylic acids is 1. The highest BCUT2D eigenvalue weighted by Gasteiger charge is 2.24. The number of nitrogens with zero attached hydrogens (tertiary/aromatic N) is 1. The van der Waals surface area contributed by atoms with Crippen LogP contribution in [-0.2, 0) is 11.4 Å². The Kier molecular flexibility index (Phi) is 8.42. The van der Waals surface area contributed by atoms with Gasteiger partial charge in [0.2, 0.25) is 0 Å². The third-order valence-electron chi connectivity index (χ3n) is 4.73. The third-order valence-corrected chi connectivity index (χ3v) is 8.18. The van der Waals surface area contributed by atoms with Crippen LogP contribution in [0.15, 0.2) is 69.0 Å². The number of benzene rings is 3. The summed E-state index contributed by atoms with van der Waals surface area (Å²) in [5.74, 6) is 0.669. The fourth-order valence-electron chi connectivity index (χ4n) is 3.00. The summed E-state index contributed by atoms with van der Waals surface area (Å²) in [7, 11) is 0. The van der Waals surface area contributed by atoms with Gasteiger partial charge in [0.25, 0.3) is 5.91 Å². The van der Waals surface area contributed by atoms with Gasteiger partial charge in [-0.05, 0) is 123 Å². The van der Waals surface area contributed by atoms with Gasteiger partial charge in [0, 0.05) is 9.50 Å². The maximum absolute atomic E-state index is 12.5. The first-order valence-corrected chi connectivity index (χ1v) is 13.9. The van der Waals surface area contributed by atoms with Crippen LogP contribution < -0.4 is 10.1 Å². The lowest BCUT2D eigenvalue weighted by Gasteiger charge is -2.12. The first kappa shape index (κ1) is 25.0. The summed E-state index contributed by atoms with van der Waals surface area (Å²) >= 11 is 15.5. The van der Waals surface area contributed by atoms with Crippen molar-refractivity contribution in [2.45, 2.75) is 13.5 Å². The molecular formula is C24H16BrClI2N2O2S. The fraction of sp³-hybridized carbons (Fsp3) is 0.0833. The molecule has 0 unspecified atom stereocenters. The van der Waals surface area contributed by atoms with E-state index in [0.717, 1.165) is 39.7 Å². The predicted octanol–water partition coefficient (Wildman–Crippen LogP) is 8.09. The summed E-state index contributed by atoms with van der Waals surface area (Å²) < 4.78 is 9.08. The largest absolute Gasteiger partial charge is 0.487 e. The van der Waals surface area contributed by atoms with E-state index in [4.69, 9.17) is 16.3 Å². The minimum absolute atomic E-state index is 0.168. The van der Waals surface area contributed by atoms with Gasteiger partial charge in [0.1, 0.15) is 12.4 Å². The zero-order valence-corrected chi connectivity index (χ0v) is 24.6. The average Bonchev–Trinajstić information content (AvgIpc) is 3.10. The summed E-state index contributed by atoms with van der Waals surface area (Å²) in [6.45, 7) is 2.39. The minimum atomic E-state index is -0.168. The van der Waals surface area contributed by atoms with E-state index in [1.54, 1.807) is 0 Å². The number of amides is 1. The van der Waals surface area contributed by atoms with Gasteiger partial charge in [0.05, 0.1) is 17.7 Å². The Morgan fingerprint density at radius 1 is 1.15 bits per heavy atom. The molecule has 0 aliphatic carbocycles. The number of ether oxygens (including phenoxy) is 1. The monoisotopic (exact) mass is 764 g/mol. The van der Waals surface area contributed by atoms with Crippen LogP contribution in [0.25, 0.3) is 6.08 Å². The quantitative estimate of drug-likeness (QED) is 0.211. The van der Waals surface area contributed by atoms with Gasteiger partial charge in [-0.1, -0.05) is 45.7 Å². The Balaban J connectivity index is 1.51. The molecule has 1 aliphatic heterocycles. The van der Waals surface area contributed by atoms with Crippen molar-refractivity contribution in [3.63, 3.8) is 0 Å². The van der Waals surface area contributed by atoms with Crippen LogP contribution in [0.5, 0.6) is 5.75 Å². The highest BCUT2D eigenvalue weighted by Crippen LogP contribution is 2.34. The van der Waals surface area contributed by atoms with Gasteiger partial charge in [-0.3, -0.25) is 4.79 Å². The van der Waals surface area contributed by atoms with Crippen molar-refractivity contribution in [1.82, 2.24) is 5.32 Å². The lowest BCUT2D eigenvalue weighted by Crippen LogP contribution is -2.19. The molecule has 1 saturated heterocycles. The molecular weight excluding hydrogens is 750 g/mol. The molecule has 0 spiro atoms. The Morgan fingerprint density at radius 3 is 2.55 bits per heavy atom. The SMILES string of the molecule is Cc1c(Cl)cccc1N=C1NC(=O)/C(=C\c2cc(I)c(OCc3ccc(Br)cc3)c(I)c2)S1. The number of aliphatic imine (C=N–C) groups is 1. The number of carbonyl (C=O) groups is 1. The first-order valence-electron chi connectivity index (χ1n) is 9.71. The molecule has 1 heterocycles. The zero-order valence-electron chi connectivity index (χ0n) is 17.2. The Labute approximate surface area is 237 Å². The second-order valence-corrected chi connectivity index (χ2v) is 11.8. The van der Waals surface area contributed by atoms with Gasteiger partial charge in [-0.25, -0.2) is 4.99 Å². The number of thioether (sulfide) groups is 1. The normalized spacial score (nSPS) is 15.8. The van der Waals surface area contributed by atoms with Crippen molar-refractivity contribution in [1.29, 1.82) is 0 Å². The van der Waals surface area contributed by atoms with Crippen LogP contribution in [0.1, 0.15) is 16.7 Å². The molecule has 0 atom stereocenters. The molecule has 0 saturated carbocycles. The van der Waals surface area contributed by atoms with Crippen LogP contribution in [0, 0.1) is 14.1 Å². The smallest absolute Gasteiger partial charge is 0.264 e. The number of amidine groups is 1. The lowest BCUT2D eigenvalue weighted by molar-refractivity contribution is -0.115. The van der Waals surface area contributed by atoms with Crippen molar-refractivity contribution in [3.05, 3.63) is 92.8 Å². The van der Waals surface area contributed by atoms with E-state index in [1.807, 2.05) is 67.6 Å². The first-order chi connectivity index (χ1) is 15.8. The van der Waals surface area contributed by atoms with Crippen molar-refractivity contribution in [2.75, 3.05) is 0 Å². The van der Waals surface area contributed by atoms with E-state index in [1.165, 1.54) is 11.8 Å². The van der Waals surface area contributed by atoms with E-state index < -0.39 is 0 Å².